The van der Waals surface area contributed by atoms with E-state index in [0.717, 1.165) is 29.2 Å². The summed E-state index contributed by atoms with van der Waals surface area (Å²) in [6.07, 6.45) is 2.77. The molecule has 16 heavy (non-hydrogen) atoms. The van der Waals surface area contributed by atoms with Gasteiger partial charge in [-0.15, -0.1) is 0 Å². The minimum absolute atomic E-state index is 0.871. The van der Waals surface area contributed by atoms with Crippen molar-refractivity contribution in [3.63, 3.8) is 0 Å². The quantitative estimate of drug-likeness (QED) is 0.792. The minimum atomic E-state index is 0.871. The van der Waals surface area contributed by atoms with Crippen LogP contribution in [-0.2, 0) is 0 Å². The van der Waals surface area contributed by atoms with Gasteiger partial charge in [0.05, 0.1) is 0 Å². The number of nitrogens with one attached hydrogen (secondary N) is 1. The first-order chi connectivity index (χ1) is 7.79. The van der Waals surface area contributed by atoms with Crippen molar-refractivity contribution in [3.05, 3.63) is 0 Å². The van der Waals surface area contributed by atoms with Crippen molar-refractivity contribution in [2.45, 2.75) is 44.0 Å². The zero-order chi connectivity index (χ0) is 11.1. The van der Waals surface area contributed by atoms with Crippen LogP contribution in [0.5, 0.6) is 0 Å². The molecule has 0 spiro atoms. The van der Waals surface area contributed by atoms with Gasteiger partial charge in [0.2, 0.25) is 0 Å². The van der Waals surface area contributed by atoms with Crippen LogP contribution >= 0.6 is 11.8 Å². The summed E-state index contributed by atoms with van der Waals surface area (Å²) in [5.74, 6) is 3.28. The van der Waals surface area contributed by atoms with E-state index >= 15 is 0 Å². The van der Waals surface area contributed by atoms with Gasteiger partial charge in [0.1, 0.15) is 0 Å². The van der Waals surface area contributed by atoms with Gasteiger partial charge in [0.15, 0.2) is 0 Å². The second-order valence-corrected chi connectivity index (χ2v) is 7.26. The van der Waals surface area contributed by atoms with Crippen LogP contribution in [-0.4, -0.2) is 47.6 Å². The summed E-state index contributed by atoms with van der Waals surface area (Å²) in [5.41, 5.74) is 0. The molecular weight excluding hydrogens is 216 g/mol. The molecule has 0 amide bonds. The molecule has 3 heterocycles. The fourth-order valence-electron chi connectivity index (χ4n) is 4.04. The minimum Gasteiger partial charge on any atom is -0.316 e. The Kier molecular flexibility index (Phi) is 3.20. The van der Waals surface area contributed by atoms with Gasteiger partial charge in [-0.25, -0.2) is 0 Å². The van der Waals surface area contributed by atoms with Crippen molar-refractivity contribution in [1.82, 2.24) is 10.2 Å². The van der Waals surface area contributed by atoms with Gasteiger partial charge < -0.3 is 5.32 Å². The summed E-state index contributed by atoms with van der Waals surface area (Å²) < 4.78 is 0. The highest BCUT2D eigenvalue weighted by molar-refractivity contribution is 8.00. The van der Waals surface area contributed by atoms with Gasteiger partial charge >= 0.3 is 0 Å². The maximum absolute atomic E-state index is 3.58. The van der Waals surface area contributed by atoms with Gasteiger partial charge in [-0.1, -0.05) is 13.8 Å². The molecule has 3 rings (SSSR count). The van der Waals surface area contributed by atoms with Crippen molar-refractivity contribution in [1.29, 1.82) is 0 Å². The molecule has 5 unspecified atom stereocenters. The average Bonchev–Trinajstić information content (AvgIpc) is 2.90. The van der Waals surface area contributed by atoms with E-state index in [2.05, 4.69) is 35.8 Å². The Balaban J connectivity index is 1.71. The first-order valence-electron chi connectivity index (χ1n) is 6.87. The lowest BCUT2D eigenvalue weighted by molar-refractivity contribution is 0.165. The van der Waals surface area contributed by atoms with Crippen molar-refractivity contribution >= 4 is 11.8 Å². The summed E-state index contributed by atoms with van der Waals surface area (Å²) in [7, 11) is 0. The Labute approximate surface area is 104 Å². The molecule has 1 N–H and O–H groups in total. The lowest BCUT2D eigenvalue weighted by Gasteiger charge is -2.32. The number of fused-ring (bicyclic) bond motifs is 1. The SMILES string of the molecule is CCC1C2CNCC2CN1C1CSC(C)C1. The molecule has 3 heteroatoms. The smallest absolute Gasteiger partial charge is 0.0200 e. The van der Waals surface area contributed by atoms with Crippen LogP contribution in [0.2, 0.25) is 0 Å². The number of hydrogen-bond acceptors (Lipinski definition) is 3. The molecule has 0 bridgehead atoms. The monoisotopic (exact) mass is 240 g/mol. The molecule has 0 saturated carbocycles. The second-order valence-electron chi connectivity index (χ2n) is 5.79. The van der Waals surface area contributed by atoms with Gasteiger partial charge in [-0.05, 0) is 37.8 Å². The van der Waals surface area contributed by atoms with Gasteiger partial charge in [0.25, 0.3) is 0 Å². The molecule has 92 valence electrons. The van der Waals surface area contributed by atoms with Gasteiger partial charge in [0, 0.05) is 29.6 Å². The third kappa shape index (κ3) is 1.81. The number of rotatable bonds is 2. The van der Waals surface area contributed by atoms with Crippen molar-refractivity contribution in [2.75, 3.05) is 25.4 Å². The Hall–Kier alpha value is 0.270. The fourth-order valence-corrected chi connectivity index (χ4v) is 5.28. The summed E-state index contributed by atoms with van der Waals surface area (Å²) >= 11 is 2.18. The predicted molar refractivity (Wildman–Crippen MR) is 71.0 cm³/mol. The highest BCUT2D eigenvalue weighted by atomic mass is 32.2. The molecule has 0 aromatic rings. The van der Waals surface area contributed by atoms with Gasteiger partial charge in [-0.3, -0.25) is 4.90 Å². The highest BCUT2D eigenvalue weighted by Gasteiger charge is 2.46. The first kappa shape index (κ1) is 11.4. The third-order valence-corrected chi connectivity index (χ3v) is 6.16. The molecule has 3 fully saturated rings. The van der Waals surface area contributed by atoms with E-state index in [1.54, 1.807) is 0 Å². The average molecular weight is 240 g/mol. The first-order valence-corrected chi connectivity index (χ1v) is 7.92. The van der Waals surface area contributed by atoms with Crippen molar-refractivity contribution < 1.29 is 0 Å². The predicted octanol–water partition coefficient (Wildman–Crippen LogP) is 1.81. The molecule has 3 saturated heterocycles. The van der Waals surface area contributed by atoms with Crippen LogP contribution in [0.4, 0.5) is 0 Å². The molecule has 0 radical (unpaired) electrons. The number of hydrogen-bond donors (Lipinski definition) is 1. The number of nitrogens with zero attached hydrogens (tertiary/aromatic N) is 1. The lowest BCUT2D eigenvalue weighted by atomic mass is 9.92. The Morgan fingerprint density at radius 2 is 2.25 bits per heavy atom. The number of thioether (sulfide) groups is 1. The summed E-state index contributed by atoms with van der Waals surface area (Å²) in [4.78, 5) is 2.87. The van der Waals surface area contributed by atoms with Crippen LogP contribution in [0, 0.1) is 11.8 Å². The normalized spacial score (nSPS) is 48.8. The van der Waals surface area contributed by atoms with E-state index < -0.39 is 0 Å². The van der Waals surface area contributed by atoms with E-state index in [0.29, 0.717) is 0 Å². The zero-order valence-corrected chi connectivity index (χ0v) is 11.3. The molecule has 0 aromatic carbocycles. The second kappa shape index (κ2) is 4.51. The summed E-state index contributed by atoms with van der Waals surface area (Å²) in [5, 5.41) is 4.47. The van der Waals surface area contributed by atoms with Crippen LogP contribution in [0.1, 0.15) is 26.7 Å². The largest absolute Gasteiger partial charge is 0.316 e. The van der Waals surface area contributed by atoms with E-state index in [1.165, 1.54) is 38.2 Å². The van der Waals surface area contributed by atoms with Crippen molar-refractivity contribution in [2.24, 2.45) is 11.8 Å². The topological polar surface area (TPSA) is 15.3 Å². The lowest BCUT2D eigenvalue weighted by Crippen LogP contribution is -2.42. The highest BCUT2D eigenvalue weighted by Crippen LogP contribution is 2.40. The standard InChI is InChI=1S/C13H24N2S/c1-3-13-12-6-14-5-10(12)7-15(13)11-4-9(2)16-8-11/h9-14H,3-8H2,1-2H3. The van der Waals surface area contributed by atoms with Crippen molar-refractivity contribution in [3.8, 4) is 0 Å². The summed E-state index contributed by atoms with van der Waals surface area (Å²) in [6.45, 7) is 8.68. The molecule has 2 nitrogen and oxygen atoms in total. The third-order valence-electron chi connectivity index (χ3n) is 4.82. The molecule has 5 atom stereocenters. The van der Waals surface area contributed by atoms with Crippen LogP contribution < -0.4 is 5.32 Å². The van der Waals surface area contributed by atoms with Gasteiger partial charge in [-0.2, -0.15) is 11.8 Å². The van der Waals surface area contributed by atoms with Crippen LogP contribution in [0.3, 0.4) is 0 Å². The van der Waals surface area contributed by atoms with E-state index in [9.17, 15) is 0 Å². The maximum Gasteiger partial charge on any atom is 0.0200 e. The summed E-state index contributed by atoms with van der Waals surface area (Å²) in [6, 6.07) is 1.76. The Bertz CT molecular complexity index is 258. The molecular formula is C13H24N2S. The van der Waals surface area contributed by atoms with E-state index in [1.807, 2.05) is 0 Å². The Morgan fingerprint density at radius 1 is 1.38 bits per heavy atom. The zero-order valence-electron chi connectivity index (χ0n) is 10.5. The van der Waals surface area contributed by atoms with E-state index in [-0.39, 0.29) is 0 Å². The van der Waals surface area contributed by atoms with Crippen LogP contribution in [0.15, 0.2) is 0 Å². The Morgan fingerprint density at radius 3 is 2.94 bits per heavy atom. The maximum atomic E-state index is 3.58. The number of likely N-dealkylation sites (tertiary alicyclic amines) is 1. The molecule has 3 aliphatic rings. The fraction of sp³-hybridized carbons (Fsp3) is 1.00. The molecule has 3 aliphatic heterocycles. The van der Waals surface area contributed by atoms with E-state index in [4.69, 9.17) is 0 Å². The molecule has 0 aliphatic carbocycles. The molecule has 0 aromatic heterocycles. The van der Waals surface area contributed by atoms with Crippen LogP contribution in [0.25, 0.3) is 0 Å².